The van der Waals surface area contributed by atoms with E-state index in [1.54, 1.807) is 32.4 Å². The molecule has 0 spiro atoms. The summed E-state index contributed by atoms with van der Waals surface area (Å²) in [6.07, 6.45) is 1.60. The van der Waals surface area contributed by atoms with E-state index in [1.165, 1.54) is 5.56 Å². The Labute approximate surface area is 210 Å². The van der Waals surface area contributed by atoms with E-state index in [2.05, 4.69) is 13.0 Å². The van der Waals surface area contributed by atoms with Gasteiger partial charge in [-0.15, -0.1) is 0 Å². The number of benzene rings is 3. The molecule has 0 aliphatic carbocycles. The number of fused-ring (bicyclic) bond motifs is 1. The first kappa shape index (κ1) is 24.2. The van der Waals surface area contributed by atoms with Crippen LogP contribution < -0.4 is 14.2 Å². The minimum absolute atomic E-state index is 0.181. The third-order valence-corrected chi connectivity index (χ3v) is 7.01. The highest BCUT2D eigenvalue weighted by atomic mass is 35.5. The van der Waals surface area contributed by atoms with E-state index in [1.807, 2.05) is 35.2 Å². The van der Waals surface area contributed by atoms with Crippen molar-refractivity contribution in [3.05, 3.63) is 86.9 Å². The molecule has 1 aliphatic heterocycles. The second-order valence-electron chi connectivity index (χ2n) is 8.07. The number of rotatable bonds is 7. The molecule has 0 bridgehead atoms. The van der Waals surface area contributed by atoms with Crippen molar-refractivity contribution < 1.29 is 19.0 Å². The molecule has 0 radical (unpaired) electrons. The monoisotopic (exact) mass is 499 g/mol. The fraction of sp³-hybridized carbons (Fsp3) is 0.296. The number of hydrogen-bond acceptors (Lipinski definition) is 4. The van der Waals surface area contributed by atoms with E-state index >= 15 is 0 Å². The first-order valence-corrected chi connectivity index (χ1v) is 11.9. The zero-order valence-electron chi connectivity index (χ0n) is 19.4. The van der Waals surface area contributed by atoms with Crippen LogP contribution in [0.4, 0.5) is 0 Å². The Morgan fingerprint density at radius 3 is 2.44 bits per heavy atom. The van der Waals surface area contributed by atoms with Crippen molar-refractivity contribution in [1.82, 2.24) is 4.90 Å². The fourth-order valence-corrected chi connectivity index (χ4v) is 4.72. The summed E-state index contributed by atoms with van der Waals surface area (Å²) >= 11 is 12.6. The summed E-state index contributed by atoms with van der Waals surface area (Å²) in [5.74, 6) is 2.07. The first-order valence-electron chi connectivity index (χ1n) is 11.2. The number of methoxy groups -OCH3 is 2. The molecule has 1 aliphatic rings. The lowest BCUT2D eigenvalue weighted by Crippen LogP contribution is -2.42. The Morgan fingerprint density at radius 2 is 1.76 bits per heavy atom. The number of aryl methyl sites for hydroxylation is 1. The van der Waals surface area contributed by atoms with Gasteiger partial charge in [0.25, 0.3) is 5.91 Å². The Hall–Kier alpha value is -2.89. The minimum atomic E-state index is -0.326. The smallest absolute Gasteiger partial charge is 0.256 e. The summed E-state index contributed by atoms with van der Waals surface area (Å²) in [5, 5.41) is 0.610. The Balaban J connectivity index is 1.71. The molecule has 3 aromatic carbocycles. The molecule has 1 amide bonds. The molecule has 0 saturated carbocycles. The third-order valence-electron chi connectivity index (χ3n) is 6.19. The van der Waals surface area contributed by atoms with Crippen LogP contribution in [0, 0.1) is 0 Å². The molecule has 178 valence electrons. The van der Waals surface area contributed by atoms with Gasteiger partial charge in [-0.2, -0.15) is 0 Å². The average molecular weight is 500 g/mol. The van der Waals surface area contributed by atoms with Gasteiger partial charge in [0.1, 0.15) is 23.9 Å². The van der Waals surface area contributed by atoms with Crippen molar-refractivity contribution >= 4 is 29.1 Å². The van der Waals surface area contributed by atoms with Crippen LogP contribution >= 0.6 is 23.2 Å². The third kappa shape index (κ3) is 4.82. The van der Waals surface area contributed by atoms with Crippen LogP contribution in [0.1, 0.15) is 40.0 Å². The van der Waals surface area contributed by atoms with Gasteiger partial charge in [0, 0.05) is 6.54 Å². The first-order chi connectivity index (χ1) is 16.5. The Morgan fingerprint density at radius 1 is 1.03 bits per heavy atom. The normalized spacial score (nSPS) is 15.0. The minimum Gasteiger partial charge on any atom is -0.497 e. The molecule has 1 atom stereocenters. The van der Waals surface area contributed by atoms with Gasteiger partial charge in [-0.05, 0) is 72.0 Å². The molecular weight excluding hydrogens is 473 g/mol. The van der Waals surface area contributed by atoms with Gasteiger partial charge in [-0.3, -0.25) is 4.79 Å². The molecule has 0 fully saturated rings. The summed E-state index contributed by atoms with van der Waals surface area (Å²) in [6.45, 7) is 2.92. The topological polar surface area (TPSA) is 48.0 Å². The van der Waals surface area contributed by atoms with Gasteiger partial charge in [0.05, 0.1) is 35.9 Å². The molecule has 1 unspecified atom stereocenters. The number of hydrogen-bond donors (Lipinski definition) is 0. The van der Waals surface area contributed by atoms with E-state index in [9.17, 15) is 4.79 Å². The van der Waals surface area contributed by atoms with E-state index in [4.69, 9.17) is 37.4 Å². The SMILES string of the molecule is CCc1cc2c(cc1OC)C(COc1ccc(OC)cc1)N(C(=O)c1cccc(Cl)c1Cl)CC2. The molecule has 0 saturated heterocycles. The van der Waals surface area contributed by atoms with Gasteiger partial charge in [-0.25, -0.2) is 0 Å². The number of ether oxygens (including phenoxy) is 3. The predicted molar refractivity (Wildman–Crippen MR) is 135 cm³/mol. The molecule has 7 heteroatoms. The maximum absolute atomic E-state index is 13.6. The van der Waals surface area contributed by atoms with Crippen molar-refractivity contribution in [3.63, 3.8) is 0 Å². The van der Waals surface area contributed by atoms with Crippen LogP contribution in [0.25, 0.3) is 0 Å². The highest BCUT2D eigenvalue weighted by Crippen LogP contribution is 2.37. The maximum atomic E-state index is 13.6. The quantitative estimate of drug-likeness (QED) is 0.377. The molecule has 4 rings (SSSR count). The lowest BCUT2D eigenvalue weighted by atomic mass is 9.89. The van der Waals surface area contributed by atoms with Crippen LogP contribution in [0.5, 0.6) is 17.2 Å². The summed E-state index contributed by atoms with van der Waals surface area (Å²) in [7, 11) is 3.29. The molecular formula is C27H27Cl2NO4. The number of carbonyl (C=O) groups is 1. The largest absolute Gasteiger partial charge is 0.497 e. The maximum Gasteiger partial charge on any atom is 0.256 e. The average Bonchev–Trinajstić information content (AvgIpc) is 2.87. The van der Waals surface area contributed by atoms with E-state index in [0.29, 0.717) is 22.9 Å². The lowest BCUT2D eigenvalue weighted by Gasteiger charge is -2.38. The molecule has 34 heavy (non-hydrogen) atoms. The van der Waals surface area contributed by atoms with E-state index in [0.717, 1.165) is 35.5 Å². The van der Waals surface area contributed by atoms with Gasteiger partial charge in [0.2, 0.25) is 0 Å². The van der Waals surface area contributed by atoms with E-state index in [-0.39, 0.29) is 23.6 Å². The van der Waals surface area contributed by atoms with Crippen molar-refractivity contribution in [2.75, 3.05) is 27.4 Å². The molecule has 0 N–H and O–H groups in total. The number of nitrogens with zero attached hydrogens (tertiary/aromatic N) is 1. The second-order valence-corrected chi connectivity index (χ2v) is 8.85. The van der Waals surface area contributed by atoms with Crippen molar-refractivity contribution in [2.45, 2.75) is 25.8 Å². The van der Waals surface area contributed by atoms with Gasteiger partial charge in [0.15, 0.2) is 0 Å². The highest BCUT2D eigenvalue weighted by Gasteiger charge is 2.34. The van der Waals surface area contributed by atoms with Gasteiger partial charge >= 0.3 is 0 Å². The standard InChI is InChI=1S/C27H27Cl2NO4/c1-4-17-14-18-12-13-30(27(31)21-6-5-7-23(28)26(21)29)24(22(18)15-25(17)33-3)16-34-20-10-8-19(32-2)9-11-20/h5-11,14-15,24H,4,12-13,16H2,1-3H3. The zero-order chi connectivity index (χ0) is 24.2. The summed E-state index contributed by atoms with van der Waals surface area (Å²) in [4.78, 5) is 15.5. The van der Waals surface area contributed by atoms with E-state index < -0.39 is 0 Å². The summed E-state index contributed by atoms with van der Waals surface area (Å²) in [5.41, 5.74) is 3.74. The van der Waals surface area contributed by atoms with Crippen LogP contribution in [0.15, 0.2) is 54.6 Å². The zero-order valence-corrected chi connectivity index (χ0v) is 20.9. The summed E-state index contributed by atoms with van der Waals surface area (Å²) < 4.78 is 17.0. The van der Waals surface area contributed by atoms with Crippen LogP contribution in [0.3, 0.4) is 0 Å². The molecule has 0 aromatic heterocycles. The van der Waals surface area contributed by atoms with Crippen molar-refractivity contribution in [3.8, 4) is 17.2 Å². The van der Waals surface area contributed by atoms with Crippen LogP contribution in [-0.2, 0) is 12.8 Å². The predicted octanol–water partition coefficient (Wildman–Crippen LogP) is 6.39. The van der Waals surface area contributed by atoms with Crippen molar-refractivity contribution in [2.24, 2.45) is 0 Å². The number of amides is 1. The van der Waals surface area contributed by atoms with Crippen LogP contribution in [0.2, 0.25) is 10.0 Å². The lowest BCUT2D eigenvalue weighted by molar-refractivity contribution is 0.0589. The fourth-order valence-electron chi connectivity index (χ4n) is 4.34. The van der Waals surface area contributed by atoms with Crippen LogP contribution in [-0.4, -0.2) is 38.2 Å². The highest BCUT2D eigenvalue weighted by molar-refractivity contribution is 6.43. The Bertz CT molecular complexity index is 1180. The molecule has 3 aromatic rings. The second kappa shape index (κ2) is 10.6. The summed E-state index contributed by atoms with van der Waals surface area (Å²) in [6, 6.07) is 16.4. The number of halogens is 2. The van der Waals surface area contributed by atoms with Gasteiger partial charge < -0.3 is 19.1 Å². The molecule has 1 heterocycles. The molecule has 5 nitrogen and oxygen atoms in total. The van der Waals surface area contributed by atoms with Crippen molar-refractivity contribution in [1.29, 1.82) is 0 Å². The number of carbonyl (C=O) groups excluding carboxylic acids is 1. The Kier molecular flexibility index (Phi) is 7.54. The van der Waals surface area contributed by atoms with Gasteiger partial charge in [-0.1, -0.05) is 42.3 Å².